The Balaban J connectivity index is 3.05. The predicted molar refractivity (Wildman–Crippen MR) is 72.1 cm³/mol. The van der Waals surface area contributed by atoms with E-state index in [-0.39, 0.29) is 6.54 Å². The van der Waals surface area contributed by atoms with E-state index in [0.29, 0.717) is 24.5 Å². The molecule has 1 aromatic heterocycles. The fourth-order valence-corrected chi connectivity index (χ4v) is 1.62. The molecule has 0 saturated heterocycles. The number of carboxylic acids is 1. The van der Waals surface area contributed by atoms with Crippen molar-refractivity contribution in [3.63, 3.8) is 0 Å². The van der Waals surface area contributed by atoms with E-state index in [9.17, 15) is 4.79 Å². The maximum atomic E-state index is 10.9. The first kappa shape index (κ1) is 14.9. The van der Waals surface area contributed by atoms with E-state index in [2.05, 4.69) is 11.1 Å². The summed E-state index contributed by atoms with van der Waals surface area (Å²) in [7, 11) is 3.82. The van der Waals surface area contributed by atoms with E-state index in [0.717, 1.165) is 5.69 Å². The second kappa shape index (κ2) is 6.71. The van der Waals surface area contributed by atoms with Gasteiger partial charge in [-0.15, -0.1) is 0 Å². The lowest BCUT2D eigenvalue weighted by atomic mass is 10.2. The van der Waals surface area contributed by atoms with Crippen molar-refractivity contribution in [2.24, 2.45) is 0 Å². The number of hydrogen-bond acceptors (Lipinski definition) is 5. The maximum Gasteiger partial charge on any atom is 0.323 e. The van der Waals surface area contributed by atoms with Crippen LogP contribution in [0.15, 0.2) is 12.1 Å². The number of aliphatic carboxylic acids is 1. The standard InChI is InChI=1S/C13H18N4O2/c1-10-4-5-11(8-14)13(15-10)17(9-12(18)19)7-6-16(2)3/h4-5H,6-7,9H2,1-3H3,(H,18,19). The summed E-state index contributed by atoms with van der Waals surface area (Å²) in [5.41, 5.74) is 1.15. The van der Waals surface area contributed by atoms with Gasteiger partial charge >= 0.3 is 5.97 Å². The number of rotatable bonds is 6. The number of carbonyl (C=O) groups is 1. The molecule has 0 fully saturated rings. The Morgan fingerprint density at radius 1 is 1.42 bits per heavy atom. The van der Waals surface area contributed by atoms with Crippen LogP contribution >= 0.6 is 0 Å². The molecule has 0 saturated carbocycles. The van der Waals surface area contributed by atoms with Crippen molar-refractivity contribution < 1.29 is 9.90 Å². The van der Waals surface area contributed by atoms with Crippen molar-refractivity contribution in [3.8, 4) is 6.07 Å². The molecule has 6 heteroatoms. The van der Waals surface area contributed by atoms with Crippen molar-refractivity contribution in [1.29, 1.82) is 5.26 Å². The quantitative estimate of drug-likeness (QED) is 0.813. The minimum Gasteiger partial charge on any atom is -0.480 e. The minimum absolute atomic E-state index is 0.168. The summed E-state index contributed by atoms with van der Waals surface area (Å²) in [6.07, 6.45) is 0. The highest BCUT2D eigenvalue weighted by molar-refractivity contribution is 5.74. The lowest BCUT2D eigenvalue weighted by molar-refractivity contribution is -0.135. The molecule has 0 unspecified atom stereocenters. The highest BCUT2D eigenvalue weighted by atomic mass is 16.4. The van der Waals surface area contributed by atoms with Gasteiger partial charge in [0.15, 0.2) is 0 Å². The average molecular weight is 262 g/mol. The molecule has 1 aromatic rings. The third-order valence-corrected chi connectivity index (χ3v) is 2.58. The van der Waals surface area contributed by atoms with Gasteiger partial charge in [0.2, 0.25) is 0 Å². The highest BCUT2D eigenvalue weighted by Crippen LogP contribution is 2.17. The van der Waals surface area contributed by atoms with E-state index >= 15 is 0 Å². The van der Waals surface area contributed by atoms with Gasteiger partial charge in [-0.3, -0.25) is 4.79 Å². The van der Waals surface area contributed by atoms with Gasteiger partial charge in [0, 0.05) is 18.8 Å². The summed E-state index contributed by atoms with van der Waals surface area (Å²) in [5, 5.41) is 18.1. The Labute approximate surface area is 112 Å². The molecule has 0 aliphatic heterocycles. The third kappa shape index (κ3) is 4.56. The van der Waals surface area contributed by atoms with Crippen LogP contribution in [0.3, 0.4) is 0 Å². The molecule has 19 heavy (non-hydrogen) atoms. The van der Waals surface area contributed by atoms with E-state index in [4.69, 9.17) is 10.4 Å². The summed E-state index contributed by atoms with van der Waals surface area (Å²) in [5.74, 6) is -0.502. The molecule has 0 aliphatic carbocycles. The zero-order chi connectivity index (χ0) is 14.4. The molecule has 0 atom stereocenters. The van der Waals surface area contributed by atoms with Crippen LogP contribution in [-0.2, 0) is 4.79 Å². The zero-order valence-electron chi connectivity index (χ0n) is 11.4. The number of likely N-dealkylation sites (N-methyl/N-ethyl adjacent to an activating group) is 1. The highest BCUT2D eigenvalue weighted by Gasteiger charge is 2.16. The number of aromatic nitrogens is 1. The van der Waals surface area contributed by atoms with Crippen LogP contribution in [0.4, 0.5) is 5.82 Å². The SMILES string of the molecule is Cc1ccc(C#N)c(N(CCN(C)C)CC(=O)O)n1. The molecule has 6 nitrogen and oxygen atoms in total. The average Bonchev–Trinajstić information content (AvgIpc) is 2.33. The summed E-state index contributed by atoms with van der Waals surface area (Å²) in [6.45, 7) is 2.84. The van der Waals surface area contributed by atoms with E-state index < -0.39 is 5.97 Å². The van der Waals surface area contributed by atoms with E-state index in [1.165, 1.54) is 0 Å². The second-order valence-electron chi connectivity index (χ2n) is 4.55. The Morgan fingerprint density at radius 3 is 2.63 bits per heavy atom. The summed E-state index contributed by atoms with van der Waals surface area (Å²) < 4.78 is 0. The molecular weight excluding hydrogens is 244 g/mol. The van der Waals surface area contributed by atoms with Gasteiger partial charge in [-0.2, -0.15) is 5.26 Å². The van der Waals surface area contributed by atoms with Crippen LogP contribution in [0.2, 0.25) is 0 Å². The number of carboxylic acid groups (broad SMARTS) is 1. The number of hydrogen-bond donors (Lipinski definition) is 1. The van der Waals surface area contributed by atoms with Gasteiger partial charge in [-0.25, -0.2) is 4.98 Å². The number of nitrogens with zero attached hydrogens (tertiary/aromatic N) is 4. The zero-order valence-corrected chi connectivity index (χ0v) is 11.4. The van der Waals surface area contributed by atoms with Gasteiger partial charge in [-0.1, -0.05) is 0 Å². The fourth-order valence-electron chi connectivity index (χ4n) is 1.62. The first-order valence-corrected chi connectivity index (χ1v) is 5.93. The van der Waals surface area contributed by atoms with E-state index in [1.54, 1.807) is 17.0 Å². The first-order valence-electron chi connectivity index (χ1n) is 5.93. The van der Waals surface area contributed by atoms with Crippen molar-refractivity contribution in [1.82, 2.24) is 9.88 Å². The Hall–Kier alpha value is -2.13. The lowest BCUT2D eigenvalue weighted by Crippen LogP contribution is -2.36. The van der Waals surface area contributed by atoms with Gasteiger partial charge in [-0.05, 0) is 33.2 Å². The van der Waals surface area contributed by atoms with Crippen molar-refractivity contribution in [3.05, 3.63) is 23.4 Å². The monoisotopic (exact) mass is 262 g/mol. The molecule has 1 heterocycles. The Bertz CT molecular complexity index is 494. The first-order chi connectivity index (χ1) is 8.93. The van der Waals surface area contributed by atoms with Gasteiger partial charge < -0.3 is 14.9 Å². The summed E-state index contributed by atoms with van der Waals surface area (Å²) >= 11 is 0. The molecule has 0 aromatic carbocycles. The predicted octanol–water partition coefficient (Wildman–Crippen LogP) is 0.714. The van der Waals surface area contributed by atoms with Crippen molar-refractivity contribution in [2.75, 3.05) is 38.6 Å². The van der Waals surface area contributed by atoms with Crippen LogP contribution in [0, 0.1) is 18.3 Å². The molecular formula is C13H18N4O2. The molecule has 0 radical (unpaired) electrons. The van der Waals surface area contributed by atoms with Crippen molar-refractivity contribution in [2.45, 2.75) is 6.92 Å². The van der Waals surface area contributed by atoms with E-state index in [1.807, 2.05) is 25.9 Å². The Morgan fingerprint density at radius 2 is 2.11 bits per heavy atom. The topological polar surface area (TPSA) is 80.5 Å². The van der Waals surface area contributed by atoms with Gasteiger partial charge in [0.25, 0.3) is 0 Å². The smallest absolute Gasteiger partial charge is 0.323 e. The van der Waals surface area contributed by atoms with Gasteiger partial charge in [0.1, 0.15) is 18.4 Å². The molecule has 1 N–H and O–H groups in total. The van der Waals surface area contributed by atoms with Crippen LogP contribution < -0.4 is 4.90 Å². The molecule has 0 spiro atoms. The number of anilines is 1. The molecule has 1 rings (SSSR count). The summed E-state index contributed by atoms with van der Waals surface area (Å²) in [4.78, 5) is 18.8. The Kier molecular flexibility index (Phi) is 5.27. The molecule has 0 aliphatic rings. The molecule has 0 amide bonds. The van der Waals surface area contributed by atoms with Crippen LogP contribution in [0.5, 0.6) is 0 Å². The normalized spacial score (nSPS) is 10.3. The number of pyridine rings is 1. The number of nitriles is 1. The number of aryl methyl sites for hydroxylation is 1. The van der Waals surface area contributed by atoms with Crippen LogP contribution in [-0.4, -0.2) is 54.7 Å². The van der Waals surface area contributed by atoms with Crippen molar-refractivity contribution >= 4 is 11.8 Å². The van der Waals surface area contributed by atoms with Crippen LogP contribution in [0.1, 0.15) is 11.3 Å². The summed E-state index contributed by atoms with van der Waals surface area (Å²) in [6, 6.07) is 5.47. The molecule has 102 valence electrons. The molecule has 0 bridgehead atoms. The third-order valence-electron chi connectivity index (χ3n) is 2.58. The van der Waals surface area contributed by atoms with Gasteiger partial charge in [0.05, 0.1) is 5.56 Å². The van der Waals surface area contributed by atoms with Crippen LogP contribution in [0.25, 0.3) is 0 Å². The lowest BCUT2D eigenvalue weighted by Gasteiger charge is -2.24. The second-order valence-corrected chi connectivity index (χ2v) is 4.55. The largest absolute Gasteiger partial charge is 0.480 e. The fraction of sp³-hybridized carbons (Fsp3) is 0.462. The minimum atomic E-state index is -0.939. The maximum absolute atomic E-state index is 10.9.